The van der Waals surface area contributed by atoms with Crippen molar-refractivity contribution in [2.24, 2.45) is 5.73 Å². The van der Waals surface area contributed by atoms with Gasteiger partial charge in [0.05, 0.1) is 10.5 Å². The number of hydrogen-bond acceptors (Lipinski definition) is 3. The standard InChI is InChI=1S/C12H20N2O2S/c1-11(5-4-8-16-11)10(15)14-12(9(13)17)6-2-3-7-12/h2-8H2,1H3,(H2,13,17)(H,14,15). The van der Waals surface area contributed by atoms with Gasteiger partial charge in [-0.25, -0.2) is 0 Å². The van der Waals surface area contributed by atoms with Gasteiger partial charge in [0.15, 0.2) is 0 Å². The number of carbonyl (C=O) groups excluding carboxylic acids is 1. The van der Waals surface area contributed by atoms with E-state index in [-0.39, 0.29) is 5.91 Å². The van der Waals surface area contributed by atoms with Gasteiger partial charge in [-0.1, -0.05) is 25.1 Å². The fourth-order valence-electron chi connectivity index (χ4n) is 2.72. The third-order valence-corrected chi connectivity index (χ3v) is 4.37. The number of ether oxygens (including phenoxy) is 1. The summed E-state index contributed by atoms with van der Waals surface area (Å²) in [7, 11) is 0. The van der Waals surface area contributed by atoms with Crippen LogP contribution < -0.4 is 11.1 Å². The van der Waals surface area contributed by atoms with Gasteiger partial charge in [0.2, 0.25) is 0 Å². The second-order valence-corrected chi connectivity index (χ2v) is 5.73. The number of nitrogens with one attached hydrogen (secondary N) is 1. The minimum Gasteiger partial charge on any atom is -0.391 e. The monoisotopic (exact) mass is 256 g/mol. The van der Waals surface area contributed by atoms with Crippen molar-refractivity contribution in [2.75, 3.05) is 6.61 Å². The molecule has 0 aromatic rings. The molecule has 1 saturated carbocycles. The van der Waals surface area contributed by atoms with Gasteiger partial charge >= 0.3 is 0 Å². The number of nitrogens with two attached hydrogens (primary N) is 1. The molecule has 1 amide bonds. The molecule has 0 bridgehead atoms. The zero-order valence-electron chi connectivity index (χ0n) is 10.3. The van der Waals surface area contributed by atoms with Crippen molar-refractivity contribution in [2.45, 2.75) is 56.6 Å². The van der Waals surface area contributed by atoms with Crippen LogP contribution in [0, 0.1) is 0 Å². The molecule has 17 heavy (non-hydrogen) atoms. The molecule has 3 N–H and O–H groups in total. The van der Waals surface area contributed by atoms with Crippen molar-refractivity contribution in [1.82, 2.24) is 5.32 Å². The van der Waals surface area contributed by atoms with E-state index in [9.17, 15) is 4.79 Å². The fraction of sp³-hybridized carbons (Fsp3) is 0.833. The summed E-state index contributed by atoms with van der Waals surface area (Å²) >= 11 is 5.12. The summed E-state index contributed by atoms with van der Waals surface area (Å²) in [5, 5.41) is 3.04. The van der Waals surface area contributed by atoms with Crippen molar-refractivity contribution in [3.63, 3.8) is 0 Å². The summed E-state index contributed by atoms with van der Waals surface area (Å²) in [6.45, 7) is 2.50. The molecule has 2 rings (SSSR count). The number of amides is 1. The Morgan fingerprint density at radius 1 is 1.29 bits per heavy atom. The minimum atomic E-state index is -0.694. The van der Waals surface area contributed by atoms with E-state index in [1.165, 1.54) is 0 Å². The van der Waals surface area contributed by atoms with Gasteiger partial charge in [-0.3, -0.25) is 4.79 Å². The van der Waals surface area contributed by atoms with E-state index in [2.05, 4.69) is 5.32 Å². The van der Waals surface area contributed by atoms with E-state index in [1.54, 1.807) is 0 Å². The molecule has 0 aromatic carbocycles. The van der Waals surface area contributed by atoms with Gasteiger partial charge in [-0.2, -0.15) is 0 Å². The molecule has 1 unspecified atom stereocenters. The van der Waals surface area contributed by atoms with Crippen LogP contribution in [0.25, 0.3) is 0 Å². The first-order chi connectivity index (χ1) is 7.99. The summed E-state index contributed by atoms with van der Waals surface area (Å²) in [6.07, 6.45) is 5.54. The molecule has 0 spiro atoms. The summed E-state index contributed by atoms with van der Waals surface area (Å²) in [5.74, 6) is -0.0651. The van der Waals surface area contributed by atoms with Crippen molar-refractivity contribution < 1.29 is 9.53 Å². The van der Waals surface area contributed by atoms with Gasteiger partial charge in [-0.15, -0.1) is 0 Å². The lowest BCUT2D eigenvalue weighted by Gasteiger charge is -2.33. The average molecular weight is 256 g/mol. The molecule has 0 aromatic heterocycles. The van der Waals surface area contributed by atoms with Crippen LogP contribution in [0.2, 0.25) is 0 Å². The van der Waals surface area contributed by atoms with Gasteiger partial charge < -0.3 is 15.8 Å². The van der Waals surface area contributed by atoms with E-state index < -0.39 is 11.1 Å². The van der Waals surface area contributed by atoms with E-state index in [0.29, 0.717) is 11.6 Å². The smallest absolute Gasteiger partial charge is 0.252 e. The molecule has 1 atom stereocenters. The normalized spacial score (nSPS) is 31.4. The van der Waals surface area contributed by atoms with Crippen molar-refractivity contribution >= 4 is 23.1 Å². The molecule has 1 saturated heterocycles. The molecule has 0 radical (unpaired) electrons. The van der Waals surface area contributed by atoms with Gasteiger partial charge in [0.1, 0.15) is 5.60 Å². The van der Waals surface area contributed by atoms with Crippen LogP contribution in [0.15, 0.2) is 0 Å². The molecule has 2 aliphatic rings. The lowest BCUT2D eigenvalue weighted by Crippen LogP contribution is -2.59. The Morgan fingerprint density at radius 2 is 1.94 bits per heavy atom. The van der Waals surface area contributed by atoms with Crippen molar-refractivity contribution in [3.05, 3.63) is 0 Å². The lowest BCUT2D eigenvalue weighted by molar-refractivity contribution is -0.140. The third kappa shape index (κ3) is 2.31. The van der Waals surface area contributed by atoms with E-state index >= 15 is 0 Å². The summed E-state index contributed by atoms with van der Waals surface area (Å²) < 4.78 is 5.54. The highest BCUT2D eigenvalue weighted by atomic mass is 32.1. The maximum absolute atomic E-state index is 12.3. The highest BCUT2D eigenvalue weighted by Gasteiger charge is 2.44. The van der Waals surface area contributed by atoms with Crippen molar-refractivity contribution in [1.29, 1.82) is 0 Å². The highest BCUT2D eigenvalue weighted by Crippen LogP contribution is 2.32. The summed E-state index contributed by atoms with van der Waals surface area (Å²) in [6, 6.07) is 0. The van der Waals surface area contributed by atoms with Crippen LogP contribution in [0.1, 0.15) is 45.4 Å². The largest absolute Gasteiger partial charge is 0.391 e. The zero-order chi connectivity index (χ0) is 12.5. The molecular weight excluding hydrogens is 236 g/mol. The van der Waals surface area contributed by atoms with Crippen molar-refractivity contribution in [3.8, 4) is 0 Å². The topological polar surface area (TPSA) is 64.4 Å². The van der Waals surface area contributed by atoms with Gasteiger partial charge in [-0.05, 0) is 32.6 Å². The zero-order valence-corrected chi connectivity index (χ0v) is 11.1. The summed E-state index contributed by atoms with van der Waals surface area (Å²) in [4.78, 5) is 12.7. The van der Waals surface area contributed by atoms with Crippen LogP contribution in [-0.2, 0) is 9.53 Å². The Balaban J connectivity index is 2.08. The SMILES string of the molecule is CC1(C(=O)NC2(C(N)=S)CCCC2)CCCO1. The average Bonchev–Trinajstić information content (AvgIpc) is 2.88. The maximum Gasteiger partial charge on any atom is 0.252 e. The molecule has 2 fully saturated rings. The Bertz CT molecular complexity index is 331. The molecule has 5 heteroatoms. The predicted octanol–water partition coefficient (Wildman–Crippen LogP) is 1.27. The molecule has 96 valence electrons. The maximum atomic E-state index is 12.3. The fourth-order valence-corrected chi connectivity index (χ4v) is 2.97. The molecule has 1 heterocycles. The Morgan fingerprint density at radius 3 is 2.41 bits per heavy atom. The van der Waals surface area contributed by atoms with Crippen LogP contribution in [-0.4, -0.2) is 28.6 Å². The second kappa shape index (κ2) is 4.53. The number of rotatable bonds is 3. The van der Waals surface area contributed by atoms with Crippen LogP contribution >= 0.6 is 12.2 Å². The number of carbonyl (C=O) groups is 1. The first kappa shape index (κ1) is 12.8. The van der Waals surface area contributed by atoms with Gasteiger partial charge in [0, 0.05) is 6.61 Å². The lowest BCUT2D eigenvalue weighted by atomic mass is 9.94. The first-order valence-corrected chi connectivity index (χ1v) is 6.66. The molecule has 1 aliphatic heterocycles. The first-order valence-electron chi connectivity index (χ1n) is 6.25. The molecule has 1 aliphatic carbocycles. The second-order valence-electron chi connectivity index (χ2n) is 5.29. The minimum absolute atomic E-state index is 0.0651. The Labute approximate surface area is 107 Å². The Kier molecular flexibility index (Phi) is 3.41. The predicted molar refractivity (Wildman–Crippen MR) is 69.7 cm³/mol. The van der Waals surface area contributed by atoms with E-state index in [0.717, 1.165) is 38.5 Å². The van der Waals surface area contributed by atoms with Crippen LogP contribution in [0.5, 0.6) is 0 Å². The summed E-state index contributed by atoms with van der Waals surface area (Å²) in [5.41, 5.74) is 4.63. The van der Waals surface area contributed by atoms with Crippen LogP contribution in [0.4, 0.5) is 0 Å². The highest BCUT2D eigenvalue weighted by molar-refractivity contribution is 7.80. The number of hydrogen-bond donors (Lipinski definition) is 2. The quantitative estimate of drug-likeness (QED) is 0.746. The van der Waals surface area contributed by atoms with E-state index in [4.69, 9.17) is 22.7 Å². The molecule has 4 nitrogen and oxygen atoms in total. The van der Waals surface area contributed by atoms with E-state index in [1.807, 2.05) is 6.92 Å². The van der Waals surface area contributed by atoms with Gasteiger partial charge in [0.25, 0.3) is 5.91 Å². The van der Waals surface area contributed by atoms with Crippen LogP contribution in [0.3, 0.4) is 0 Å². The molecular formula is C12H20N2O2S. The Hall–Kier alpha value is -0.680. The number of thiocarbonyl (C=S) groups is 1. The third-order valence-electron chi connectivity index (χ3n) is 3.98.